The fourth-order valence-corrected chi connectivity index (χ4v) is 0. The largest absolute Gasteiger partial charge is 0.369 e. The Morgan fingerprint density at radius 2 is 2.25 bits per heavy atom. The molecule has 0 saturated heterocycles. The third-order valence-electron chi connectivity index (χ3n) is 0.183. The van der Waals surface area contributed by atoms with Gasteiger partial charge in [-0.3, -0.25) is 5.75 Å². The van der Waals surface area contributed by atoms with Gasteiger partial charge in [0.25, 0.3) is 0 Å². The zero-order chi connectivity index (χ0) is 3.41. The first-order chi connectivity index (χ1) is 1.91. The molecule has 0 unspecified atom stereocenters. The summed E-state index contributed by atoms with van der Waals surface area (Å²) in [5, 5.41) is 0. The molecule has 0 aliphatic rings. The van der Waals surface area contributed by atoms with Crippen LogP contribution in [0.15, 0.2) is 0 Å². The van der Waals surface area contributed by atoms with Crippen molar-refractivity contribution >= 4 is 12.6 Å². The monoisotopic (exact) mass is 75.0 g/mol. The predicted octanol–water partition coefficient (Wildman–Crippen LogP) is 1.49. The predicted molar refractivity (Wildman–Crippen MR) is 23.6 cm³/mol. The lowest BCUT2D eigenvalue weighted by Gasteiger charge is -1.85. The molecule has 0 aromatic heterocycles. The van der Waals surface area contributed by atoms with E-state index in [1.54, 1.807) is 0 Å². The lowest BCUT2D eigenvalue weighted by atomic mass is 10.6. The zero-order valence-corrected chi connectivity index (χ0v) is 3.63. The number of thiol groups is 1. The van der Waals surface area contributed by atoms with Crippen molar-refractivity contribution in [2.24, 2.45) is 0 Å². The fourth-order valence-electron chi connectivity index (χ4n) is 0. The summed E-state index contributed by atoms with van der Waals surface area (Å²) in [7, 11) is 0. The van der Waals surface area contributed by atoms with E-state index in [2.05, 4.69) is 12.6 Å². The van der Waals surface area contributed by atoms with Gasteiger partial charge in [0.05, 0.1) is 0 Å². The highest BCUT2D eigenvalue weighted by atomic mass is 32.1. The molecule has 0 bridgehead atoms. The van der Waals surface area contributed by atoms with Gasteiger partial charge in [-0.2, -0.15) is 6.42 Å². The van der Waals surface area contributed by atoms with E-state index in [4.69, 9.17) is 0 Å². The van der Waals surface area contributed by atoms with Gasteiger partial charge in [-0.1, -0.05) is 6.92 Å². The van der Waals surface area contributed by atoms with E-state index in [9.17, 15) is 0 Å². The summed E-state index contributed by atoms with van der Waals surface area (Å²) in [5.41, 5.74) is 0. The van der Waals surface area contributed by atoms with Crippen LogP contribution in [-0.2, 0) is 0 Å². The molecule has 0 aliphatic carbocycles. The molecule has 0 heterocycles. The SMILES string of the molecule is CC[CH-]S. The van der Waals surface area contributed by atoms with E-state index < -0.39 is 0 Å². The summed E-state index contributed by atoms with van der Waals surface area (Å²) >= 11 is 3.80. The average molecular weight is 75.2 g/mol. The molecule has 0 saturated carbocycles. The minimum atomic E-state index is 1.06. The van der Waals surface area contributed by atoms with Crippen LogP contribution in [0.25, 0.3) is 0 Å². The van der Waals surface area contributed by atoms with E-state index in [0.29, 0.717) is 0 Å². The average Bonchev–Trinajstić information content (AvgIpc) is 1.37. The maximum Gasteiger partial charge on any atom is -0.0919 e. The highest BCUT2D eigenvalue weighted by Gasteiger charge is 1.40. The van der Waals surface area contributed by atoms with Crippen LogP contribution in [0.2, 0.25) is 0 Å². The molecular formula is C3H7S-. The number of hydrogen-bond donors (Lipinski definition) is 1. The van der Waals surface area contributed by atoms with Crippen molar-refractivity contribution in [3.05, 3.63) is 5.75 Å². The molecule has 0 aliphatic heterocycles. The van der Waals surface area contributed by atoms with Crippen molar-refractivity contribution in [2.45, 2.75) is 13.3 Å². The molecule has 0 atom stereocenters. The van der Waals surface area contributed by atoms with Gasteiger partial charge < -0.3 is 12.6 Å². The van der Waals surface area contributed by atoms with Crippen molar-refractivity contribution in [3.8, 4) is 0 Å². The van der Waals surface area contributed by atoms with Crippen molar-refractivity contribution in [1.29, 1.82) is 0 Å². The Labute approximate surface area is 32.6 Å². The molecule has 0 N–H and O–H groups in total. The fraction of sp³-hybridized carbons (Fsp3) is 0.667. The lowest BCUT2D eigenvalue weighted by molar-refractivity contribution is 1.20. The topological polar surface area (TPSA) is 0 Å². The summed E-state index contributed by atoms with van der Waals surface area (Å²) in [6.45, 7) is 2.05. The second kappa shape index (κ2) is 3.35. The maximum absolute atomic E-state index is 3.80. The van der Waals surface area contributed by atoms with Gasteiger partial charge in [-0.25, -0.2) is 0 Å². The van der Waals surface area contributed by atoms with Gasteiger partial charge >= 0.3 is 0 Å². The normalized spacial score (nSPS) is 7.50. The van der Waals surface area contributed by atoms with Crippen molar-refractivity contribution in [2.75, 3.05) is 0 Å². The molecule has 26 valence electrons. The van der Waals surface area contributed by atoms with Crippen LogP contribution >= 0.6 is 12.6 Å². The van der Waals surface area contributed by atoms with Gasteiger partial charge in [0, 0.05) is 0 Å². The number of hydrogen-bond acceptors (Lipinski definition) is 1. The molecule has 4 heavy (non-hydrogen) atoms. The van der Waals surface area contributed by atoms with Gasteiger partial charge in [-0.05, 0) is 0 Å². The molecule has 0 radical (unpaired) electrons. The molecule has 0 spiro atoms. The van der Waals surface area contributed by atoms with Crippen molar-refractivity contribution < 1.29 is 0 Å². The Morgan fingerprint density at radius 1 is 2.00 bits per heavy atom. The first-order valence-electron chi connectivity index (χ1n) is 1.37. The summed E-state index contributed by atoms with van der Waals surface area (Å²) in [6, 6.07) is 0. The smallest absolute Gasteiger partial charge is 0.0919 e. The molecule has 1 heteroatoms. The Kier molecular flexibility index (Phi) is 3.64. The molecular weight excluding hydrogens is 68.1 g/mol. The lowest BCUT2D eigenvalue weighted by Crippen LogP contribution is -1.44. The Morgan fingerprint density at radius 3 is 2.25 bits per heavy atom. The van der Waals surface area contributed by atoms with Crippen LogP contribution in [0.3, 0.4) is 0 Å². The maximum atomic E-state index is 3.80. The summed E-state index contributed by atoms with van der Waals surface area (Å²) in [4.78, 5) is 0. The Hall–Kier alpha value is 0.350. The van der Waals surface area contributed by atoms with Gasteiger partial charge in [0.15, 0.2) is 0 Å². The summed E-state index contributed by atoms with van der Waals surface area (Å²) < 4.78 is 0. The zero-order valence-electron chi connectivity index (χ0n) is 2.73. The highest BCUT2D eigenvalue weighted by molar-refractivity contribution is 7.82. The minimum Gasteiger partial charge on any atom is -0.369 e. The van der Waals surface area contributed by atoms with Crippen LogP contribution in [0.5, 0.6) is 0 Å². The quantitative estimate of drug-likeness (QED) is 0.354. The van der Waals surface area contributed by atoms with Gasteiger partial charge in [0.2, 0.25) is 0 Å². The van der Waals surface area contributed by atoms with Crippen molar-refractivity contribution in [1.82, 2.24) is 0 Å². The van der Waals surface area contributed by atoms with Crippen LogP contribution in [0.4, 0.5) is 0 Å². The second-order valence-electron chi connectivity index (χ2n) is 0.591. The van der Waals surface area contributed by atoms with Crippen LogP contribution in [0, 0.1) is 5.75 Å². The van der Waals surface area contributed by atoms with Gasteiger partial charge in [-0.15, -0.1) is 0 Å². The highest BCUT2D eigenvalue weighted by Crippen LogP contribution is 1.84. The second-order valence-corrected chi connectivity index (χ2v) is 0.956. The van der Waals surface area contributed by atoms with E-state index in [0.717, 1.165) is 6.42 Å². The van der Waals surface area contributed by atoms with Crippen LogP contribution in [-0.4, -0.2) is 0 Å². The molecule has 0 nitrogen and oxygen atoms in total. The molecule has 0 aromatic rings. The van der Waals surface area contributed by atoms with Gasteiger partial charge in [0.1, 0.15) is 0 Å². The standard InChI is InChI=1S/C3H7S/c1-2-3-4/h3-4H,2H2,1H3/q-1. The molecule has 0 rings (SSSR count). The van der Waals surface area contributed by atoms with E-state index >= 15 is 0 Å². The van der Waals surface area contributed by atoms with E-state index in [-0.39, 0.29) is 0 Å². The van der Waals surface area contributed by atoms with Crippen LogP contribution in [0.1, 0.15) is 13.3 Å². The summed E-state index contributed by atoms with van der Waals surface area (Å²) in [5.74, 6) is 1.82. The molecule has 0 amide bonds. The van der Waals surface area contributed by atoms with E-state index in [1.807, 2.05) is 12.7 Å². The minimum absolute atomic E-state index is 1.06. The van der Waals surface area contributed by atoms with Crippen LogP contribution < -0.4 is 0 Å². The van der Waals surface area contributed by atoms with Crippen molar-refractivity contribution in [3.63, 3.8) is 0 Å². The molecule has 0 aromatic carbocycles. The summed E-state index contributed by atoms with van der Waals surface area (Å²) in [6.07, 6.45) is 1.06. The Bertz CT molecular complexity index is 5.25. The first-order valence-corrected chi connectivity index (χ1v) is 1.89. The third kappa shape index (κ3) is 2.35. The Balaban J connectivity index is 1.97. The number of rotatable bonds is 1. The van der Waals surface area contributed by atoms with E-state index in [1.165, 1.54) is 0 Å². The first kappa shape index (κ1) is 4.35. The molecule has 0 fully saturated rings. The third-order valence-corrected chi connectivity index (χ3v) is 0.548.